The van der Waals surface area contributed by atoms with Crippen LogP contribution < -0.4 is 20.4 Å². The fourth-order valence-corrected chi connectivity index (χ4v) is 3.95. The molecule has 0 saturated carbocycles. The van der Waals surface area contributed by atoms with Gasteiger partial charge in [-0.1, -0.05) is 18.2 Å². The summed E-state index contributed by atoms with van der Waals surface area (Å²) in [4.78, 5) is 28.8. The number of nitrogens with two attached hydrogens (primary N) is 1. The molecule has 2 saturated heterocycles. The Morgan fingerprint density at radius 3 is 2.40 bits per heavy atom. The number of hydrogen-bond donors (Lipinski definition) is 1. The van der Waals surface area contributed by atoms with E-state index in [9.17, 15) is 14.0 Å². The molecular formula is C22H25FN4O3. The molecule has 0 bridgehead atoms. The number of para-hydroxylation sites is 1. The van der Waals surface area contributed by atoms with Crippen molar-refractivity contribution < 1.29 is 18.7 Å². The molecule has 1 unspecified atom stereocenters. The molecule has 0 aromatic heterocycles. The molecule has 2 aliphatic heterocycles. The van der Waals surface area contributed by atoms with Crippen LogP contribution in [-0.2, 0) is 9.53 Å². The summed E-state index contributed by atoms with van der Waals surface area (Å²) in [6.45, 7) is 3.33. The van der Waals surface area contributed by atoms with Crippen LogP contribution in [0.4, 0.5) is 26.2 Å². The summed E-state index contributed by atoms with van der Waals surface area (Å²) in [6, 6.07) is 15.0. The quantitative estimate of drug-likeness (QED) is 0.789. The summed E-state index contributed by atoms with van der Waals surface area (Å²) >= 11 is 0. The molecule has 2 fully saturated rings. The number of carbonyl (C=O) groups is 2. The zero-order valence-electron chi connectivity index (χ0n) is 16.7. The van der Waals surface area contributed by atoms with E-state index in [0.717, 1.165) is 13.1 Å². The van der Waals surface area contributed by atoms with Crippen molar-refractivity contribution in [3.05, 3.63) is 54.3 Å². The highest BCUT2D eigenvalue weighted by atomic mass is 19.1. The Bertz CT molecular complexity index is 916. The summed E-state index contributed by atoms with van der Waals surface area (Å²) in [5, 5.41) is 0. The van der Waals surface area contributed by atoms with Crippen molar-refractivity contribution in [1.29, 1.82) is 0 Å². The third-order valence-corrected chi connectivity index (χ3v) is 5.57. The van der Waals surface area contributed by atoms with Crippen LogP contribution >= 0.6 is 0 Å². The van der Waals surface area contributed by atoms with Crippen molar-refractivity contribution in [3.8, 4) is 0 Å². The standard InChI is InChI=1S/C22H25FN4O3/c23-19-14-17(27-15-18(30-22(27)29)7-9-21(24)28)6-8-20(19)26-12-10-25(11-13-26)16-4-2-1-3-5-16/h1-6,8,14,18H,7,9-13,15H2,(H2,24,28). The van der Waals surface area contributed by atoms with Crippen LogP contribution in [0.15, 0.2) is 48.5 Å². The van der Waals surface area contributed by atoms with E-state index in [-0.39, 0.29) is 18.8 Å². The van der Waals surface area contributed by atoms with Crippen molar-refractivity contribution in [2.75, 3.05) is 47.4 Å². The van der Waals surface area contributed by atoms with Crippen LogP contribution in [-0.4, -0.2) is 50.8 Å². The third kappa shape index (κ3) is 4.32. The Balaban J connectivity index is 1.39. The van der Waals surface area contributed by atoms with Crippen molar-refractivity contribution in [1.82, 2.24) is 0 Å². The Hall–Kier alpha value is -3.29. The van der Waals surface area contributed by atoms with Gasteiger partial charge in [0, 0.05) is 38.3 Å². The molecule has 8 heteroatoms. The van der Waals surface area contributed by atoms with E-state index < -0.39 is 18.1 Å². The third-order valence-electron chi connectivity index (χ3n) is 5.57. The summed E-state index contributed by atoms with van der Waals surface area (Å²) < 4.78 is 20.2. The first kappa shape index (κ1) is 20.0. The molecule has 158 valence electrons. The van der Waals surface area contributed by atoms with Crippen LogP contribution in [0.5, 0.6) is 0 Å². The van der Waals surface area contributed by atoms with E-state index in [0.29, 0.717) is 30.9 Å². The minimum atomic E-state index is -0.534. The van der Waals surface area contributed by atoms with Crippen LogP contribution in [0, 0.1) is 5.82 Å². The van der Waals surface area contributed by atoms with Gasteiger partial charge in [0.05, 0.1) is 17.9 Å². The molecule has 2 heterocycles. The summed E-state index contributed by atoms with van der Waals surface area (Å²) in [6.07, 6.45) is -0.440. The van der Waals surface area contributed by atoms with Crippen LogP contribution in [0.1, 0.15) is 12.8 Å². The molecule has 2 aliphatic rings. The number of carbonyl (C=O) groups excluding carboxylic acids is 2. The lowest BCUT2D eigenvalue weighted by Gasteiger charge is -2.37. The highest BCUT2D eigenvalue weighted by Crippen LogP contribution is 2.29. The van der Waals surface area contributed by atoms with Gasteiger partial charge >= 0.3 is 6.09 Å². The van der Waals surface area contributed by atoms with Gasteiger partial charge < -0.3 is 20.3 Å². The van der Waals surface area contributed by atoms with Gasteiger partial charge in [0.15, 0.2) is 0 Å². The van der Waals surface area contributed by atoms with Crippen LogP contribution in [0.2, 0.25) is 0 Å². The smallest absolute Gasteiger partial charge is 0.414 e. The van der Waals surface area contributed by atoms with Crippen LogP contribution in [0.25, 0.3) is 0 Å². The molecule has 2 amide bonds. The normalized spacial score (nSPS) is 19.2. The fraction of sp³-hybridized carbons (Fsp3) is 0.364. The van der Waals surface area contributed by atoms with E-state index in [2.05, 4.69) is 17.0 Å². The average molecular weight is 412 g/mol. The van der Waals surface area contributed by atoms with Crippen molar-refractivity contribution in [3.63, 3.8) is 0 Å². The summed E-state index contributed by atoms with van der Waals surface area (Å²) in [5.41, 5.74) is 7.30. The topological polar surface area (TPSA) is 79.1 Å². The maximum absolute atomic E-state index is 14.9. The maximum Gasteiger partial charge on any atom is 0.414 e. The lowest BCUT2D eigenvalue weighted by atomic mass is 10.1. The zero-order valence-corrected chi connectivity index (χ0v) is 16.7. The number of benzene rings is 2. The number of hydrogen-bond acceptors (Lipinski definition) is 5. The first-order valence-corrected chi connectivity index (χ1v) is 10.1. The lowest BCUT2D eigenvalue weighted by Crippen LogP contribution is -2.46. The summed E-state index contributed by atoms with van der Waals surface area (Å²) in [7, 11) is 0. The number of primary amides is 1. The Labute approximate surface area is 174 Å². The van der Waals surface area contributed by atoms with Crippen molar-refractivity contribution in [2.24, 2.45) is 5.73 Å². The Kier molecular flexibility index (Phi) is 5.74. The van der Waals surface area contributed by atoms with E-state index in [1.165, 1.54) is 16.7 Å². The van der Waals surface area contributed by atoms with Gasteiger partial charge in [-0.05, 0) is 36.8 Å². The number of piperazine rings is 1. The van der Waals surface area contributed by atoms with Crippen molar-refractivity contribution in [2.45, 2.75) is 18.9 Å². The van der Waals surface area contributed by atoms with E-state index in [1.54, 1.807) is 12.1 Å². The molecular weight excluding hydrogens is 387 g/mol. The highest BCUT2D eigenvalue weighted by Gasteiger charge is 2.33. The second kappa shape index (κ2) is 8.61. The highest BCUT2D eigenvalue weighted by molar-refractivity contribution is 5.90. The van der Waals surface area contributed by atoms with Crippen LogP contribution in [0.3, 0.4) is 0 Å². The van der Waals surface area contributed by atoms with E-state index in [4.69, 9.17) is 10.5 Å². The zero-order chi connectivity index (χ0) is 21.1. The number of ether oxygens (including phenoxy) is 1. The lowest BCUT2D eigenvalue weighted by molar-refractivity contribution is -0.118. The number of anilines is 3. The van der Waals surface area contributed by atoms with Gasteiger partial charge in [0.1, 0.15) is 11.9 Å². The average Bonchev–Trinajstić information content (AvgIpc) is 3.13. The molecule has 4 rings (SSSR count). The molecule has 2 N–H and O–H groups in total. The van der Waals surface area contributed by atoms with Crippen molar-refractivity contribution >= 4 is 29.1 Å². The Morgan fingerprint density at radius 2 is 1.73 bits per heavy atom. The first-order chi connectivity index (χ1) is 14.5. The molecule has 1 atom stereocenters. The Morgan fingerprint density at radius 1 is 1.03 bits per heavy atom. The van der Waals surface area contributed by atoms with Gasteiger partial charge in [0.25, 0.3) is 0 Å². The predicted octanol–water partition coefficient (Wildman–Crippen LogP) is 2.74. The molecule has 0 spiro atoms. The molecule has 0 radical (unpaired) electrons. The number of halogens is 1. The number of amides is 2. The number of cyclic esters (lactones) is 1. The van der Waals surface area contributed by atoms with E-state index in [1.807, 2.05) is 23.1 Å². The molecule has 2 aromatic rings. The minimum absolute atomic E-state index is 0.147. The molecule has 2 aromatic carbocycles. The largest absolute Gasteiger partial charge is 0.444 e. The number of nitrogens with zero attached hydrogens (tertiary/aromatic N) is 3. The monoisotopic (exact) mass is 412 g/mol. The predicted molar refractivity (Wildman–Crippen MR) is 113 cm³/mol. The summed E-state index contributed by atoms with van der Waals surface area (Å²) in [5.74, 6) is -0.804. The molecule has 7 nitrogen and oxygen atoms in total. The molecule has 0 aliphatic carbocycles. The van der Waals surface area contributed by atoms with Gasteiger partial charge in [-0.25, -0.2) is 9.18 Å². The first-order valence-electron chi connectivity index (χ1n) is 10.1. The fourth-order valence-electron chi connectivity index (χ4n) is 3.95. The van der Waals surface area contributed by atoms with Gasteiger partial charge in [-0.3, -0.25) is 9.69 Å². The van der Waals surface area contributed by atoms with E-state index >= 15 is 0 Å². The van der Waals surface area contributed by atoms with Gasteiger partial charge in [0.2, 0.25) is 5.91 Å². The molecule has 30 heavy (non-hydrogen) atoms. The van der Waals surface area contributed by atoms with Gasteiger partial charge in [-0.2, -0.15) is 0 Å². The maximum atomic E-state index is 14.9. The second-order valence-electron chi connectivity index (χ2n) is 7.57. The van der Waals surface area contributed by atoms with Gasteiger partial charge in [-0.15, -0.1) is 0 Å². The SMILES string of the molecule is NC(=O)CCC1CN(c2ccc(N3CCN(c4ccccc4)CC3)c(F)c2)C(=O)O1. The second-order valence-corrected chi connectivity index (χ2v) is 7.57. The minimum Gasteiger partial charge on any atom is -0.444 e. The number of rotatable bonds is 6.